The summed E-state index contributed by atoms with van der Waals surface area (Å²) < 4.78 is 7.86. The predicted molar refractivity (Wildman–Crippen MR) is 105 cm³/mol. The van der Waals surface area contributed by atoms with E-state index in [9.17, 15) is 19.2 Å². The molecular formula is C17H18ClN3O12. The first kappa shape index (κ1) is 26.1. The normalized spacial score (nSPS) is 13.7. The molecule has 0 radical (unpaired) electrons. The van der Waals surface area contributed by atoms with Crippen molar-refractivity contribution in [3.63, 3.8) is 0 Å². The molecule has 1 aromatic heterocycles. The van der Waals surface area contributed by atoms with Gasteiger partial charge in [-0.15, -0.1) is 0 Å². The smallest absolute Gasteiger partial charge is 0.379 e. The Morgan fingerprint density at radius 1 is 1.03 bits per heavy atom. The lowest BCUT2D eigenvalue weighted by atomic mass is 9.96. The highest BCUT2D eigenvalue weighted by Gasteiger charge is 2.35. The van der Waals surface area contributed by atoms with Crippen molar-refractivity contribution in [3.05, 3.63) is 44.2 Å². The van der Waals surface area contributed by atoms with E-state index in [0.717, 1.165) is 6.07 Å². The van der Waals surface area contributed by atoms with Crippen LogP contribution in [0.3, 0.4) is 0 Å². The second kappa shape index (κ2) is 9.38. The number of benzene rings is 1. The van der Waals surface area contributed by atoms with Gasteiger partial charge in [-0.25, -0.2) is 9.59 Å². The molecule has 180 valence electrons. The Labute approximate surface area is 187 Å². The van der Waals surface area contributed by atoms with Crippen LogP contribution < -0.4 is 11.2 Å². The summed E-state index contributed by atoms with van der Waals surface area (Å²) in [6.45, 7) is -1.02. The van der Waals surface area contributed by atoms with Crippen molar-refractivity contribution in [2.45, 2.75) is 18.9 Å². The molecule has 0 unspecified atom stereocenters. The van der Waals surface area contributed by atoms with Gasteiger partial charge in [-0.1, -0.05) is 11.6 Å². The zero-order chi connectivity index (χ0) is 25.3. The lowest BCUT2D eigenvalue weighted by Crippen LogP contribution is -2.45. The number of fused-ring (bicyclic) bond motifs is 2. The van der Waals surface area contributed by atoms with Crippen molar-refractivity contribution < 1.29 is 54.5 Å². The number of aliphatic hydroxyl groups is 6. The van der Waals surface area contributed by atoms with Crippen molar-refractivity contribution in [3.8, 4) is 0 Å². The maximum Gasteiger partial charge on any atom is 0.456 e. The number of H-pyrrole nitrogens is 1. The number of amides is 1. The second-order valence-corrected chi connectivity index (χ2v) is 6.75. The molecule has 9 N–H and O–H groups in total. The molecule has 1 aliphatic rings. The fourth-order valence-electron chi connectivity index (χ4n) is 2.90. The van der Waals surface area contributed by atoms with Gasteiger partial charge < -0.3 is 50.8 Å². The number of nitrogens with zero attached hydrogens (tertiary/aromatic N) is 1. The molecule has 0 saturated heterocycles. The Balaban J connectivity index is 0.00000187. The molecule has 1 aromatic carbocycles. The molecule has 0 spiro atoms. The summed E-state index contributed by atoms with van der Waals surface area (Å²) >= 11 is 6.26. The standard InChI is InChI=1S/C16H13ClN2O12.CH5N/c17-11-7-3-19(14(23)31-16(27,28)29)4-10(21)5(7)1-6-9(20)2-8(18-12(6)11)13(22)30-15(24,25)26;1-2/h1-2,24-29H,3-4H2,(H,18,20);2H2,1H3. The average molecular weight is 492 g/mol. The Kier molecular flexibility index (Phi) is 7.42. The molecule has 0 saturated carbocycles. The van der Waals surface area contributed by atoms with Gasteiger partial charge in [0.15, 0.2) is 11.2 Å². The van der Waals surface area contributed by atoms with Gasteiger partial charge in [-0.2, -0.15) is 0 Å². The van der Waals surface area contributed by atoms with Crippen LogP contribution in [0.2, 0.25) is 5.02 Å². The van der Waals surface area contributed by atoms with Crippen molar-refractivity contribution in [1.29, 1.82) is 0 Å². The predicted octanol–water partition coefficient (Wildman–Crippen LogP) is -2.78. The van der Waals surface area contributed by atoms with Crippen LogP contribution in [0.4, 0.5) is 4.79 Å². The number of Topliss-reactive ketones (excluding diaryl/α,β-unsaturated/α-hetero) is 1. The van der Waals surface area contributed by atoms with Crippen LogP contribution in [0.15, 0.2) is 16.9 Å². The molecule has 1 aliphatic heterocycles. The van der Waals surface area contributed by atoms with Gasteiger partial charge in [0.1, 0.15) is 5.69 Å². The number of nitrogens with two attached hydrogens (primary N) is 1. The Morgan fingerprint density at radius 2 is 1.61 bits per heavy atom. The van der Waals surface area contributed by atoms with Crippen molar-refractivity contribution >= 4 is 40.3 Å². The van der Waals surface area contributed by atoms with Crippen LogP contribution in [-0.2, 0) is 16.0 Å². The number of hydrogen-bond donors (Lipinski definition) is 8. The second-order valence-electron chi connectivity index (χ2n) is 6.37. The molecule has 3 rings (SSSR count). The number of halogens is 1. The highest BCUT2D eigenvalue weighted by Crippen LogP contribution is 2.32. The molecule has 1 amide bonds. The minimum absolute atomic E-state index is 0.0104. The summed E-state index contributed by atoms with van der Waals surface area (Å²) in [5.74, 6) is -2.23. The Bertz CT molecular complexity index is 1170. The summed E-state index contributed by atoms with van der Waals surface area (Å²) in [5, 5.41) is 52.1. The topological polar surface area (TPSA) is 253 Å². The first-order valence-corrected chi connectivity index (χ1v) is 9.09. The largest absolute Gasteiger partial charge is 0.456 e. The van der Waals surface area contributed by atoms with Crippen LogP contribution in [0.5, 0.6) is 0 Å². The van der Waals surface area contributed by atoms with Gasteiger partial charge in [-0.05, 0) is 13.1 Å². The van der Waals surface area contributed by atoms with Gasteiger partial charge >= 0.3 is 24.4 Å². The molecule has 0 atom stereocenters. The number of carbonyl (C=O) groups is 3. The number of ether oxygens (including phenoxy) is 2. The van der Waals surface area contributed by atoms with E-state index in [1.807, 2.05) is 0 Å². The van der Waals surface area contributed by atoms with Crippen molar-refractivity contribution in [1.82, 2.24) is 9.88 Å². The number of aromatic nitrogens is 1. The number of hydrogen-bond acceptors (Lipinski definition) is 13. The van der Waals surface area contributed by atoms with Crippen molar-refractivity contribution in [2.75, 3.05) is 13.6 Å². The van der Waals surface area contributed by atoms with E-state index >= 15 is 0 Å². The summed E-state index contributed by atoms with van der Waals surface area (Å²) in [6, 6.07) is 1.86. The molecule has 0 aliphatic carbocycles. The van der Waals surface area contributed by atoms with E-state index in [1.54, 1.807) is 0 Å². The monoisotopic (exact) mass is 491 g/mol. The number of ketones is 1. The third-order valence-electron chi connectivity index (χ3n) is 4.08. The number of rotatable bonds is 3. The van der Waals surface area contributed by atoms with Crippen LogP contribution in [-0.4, -0.2) is 84.3 Å². The Hall–Kier alpha value is -3.15. The first-order chi connectivity index (χ1) is 15.2. The number of aromatic amines is 1. The summed E-state index contributed by atoms with van der Waals surface area (Å²) in [5.41, 5.74) is 2.81. The third kappa shape index (κ3) is 6.01. The molecule has 33 heavy (non-hydrogen) atoms. The zero-order valence-electron chi connectivity index (χ0n) is 16.6. The van der Waals surface area contributed by atoms with E-state index in [2.05, 4.69) is 20.2 Å². The summed E-state index contributed by atoms with van der Waals surface area (Å²) in [6.07, 6.45) is -9.06. The van der Waals surface area contributed by atoms with Gasteiger partial charge in [-0.3, -0.25) is 14.5 Å². The van der Waals surface area contributed by atoms with Gasteiger partial charge in [0, 0.05) is 22.6 Å². The fourth-order valence-corrected chi connectivity index (χ4v) is 3.21. The lowest BCUT2D eigenvalue weighted by molar-refractivity contribution is -0.433. The lowest BCUT2D eigenvalue weighted by Gasteiger charge is -2.29. The molecule has 0 fully saturated rings. The van der Waals surface area contributed by atoms with Crippen LogP contribution in [0.1, 0.15) is 26.4 Å². The van der Waals surface area contributed by atoms with E-state index in [4.69, 9.17) is 42.2 Å². The van der Waals surface area contributed by atoms with Crippen LogP contribution >= 0.6 is 11.6 Å². The van der Waals surface area contributed by atoms with Gasteiger partial charge in [0.05, 0.1) is 23.6 Å². The molecule has 2 heterocycles. The minimum atomic E-state index is -3.81. The highest BCUT2D eigenvalue weighted by atomic mass is 35.5. The molecular weight excluding hydrogens is 474 g/mol. The zero-order valence-corrected chi connectivity index (χ0v) is 17.4. The van der Waals surface area contributed by atoms with Gasteiger partial charge in [0.2, 0.25) is 0 Å². The third-order valence-corrected chi connectivity index (χ3v) is 4.50. The number of esters is 1. The SMILES string of the molecule is CN.O=C(OC(O)(O)O)c1cc(=O)c2cc3c(c(Cl)c2[nH]1)CN(C(=O)OC(O)(O)O)CC3=O. The molecule has 15 nitrogen and oxygen atoms in total. The van der Waals surface area contributed by atoms with Crippen molar-refractivity contribution in [2.24, 2.45) is 5.73 Å². The highest BCUT2D eigenvalue weighted by molar-refractivity contribution is 6.36. The molecule has 2 aromatic rings. The number of nitrogens with one attached hydrogen (secondary N) is 1. The average Bonchev–Trinajstić information content (AvgIpc) is 2.68. The quantitative estimate of drug-likeness (QED) is 0.160. The molecule has 16 heteroatoms. The number of pyridine rings is 1. The summed E-state index contributed by atoms with van der Waals surface area (Å²) in [7, 11) is 1.50. The summed E-state index contributed by atoms with van der Waals surface area (Å²) in [4.78, 5) is 51.7. The van der Waals surface area contributed by atoms with Crippen LogP contribution in [0.25, 0.3) is 10.9 Å². The maximum absolute atomic E-state index is 12.4. The fraction of sp³-hybridized carbons (Fsp3) is 0.294. The van der Waals surface area contributed by atoms with E-state index in [0.29, 0.717) is 11.0 Å². The van der Waals surface area contributed by atoms with E-state index in [-0.39, 0.29) is 27.1 Å². The first-order valence-electron chi connectivity index (χ1n) is 8.71. The Morgan fingerprint density at radius 3 is 2.15 bits per heavy atom. The number of carbonyl (C=O) groups excluding carboxylic acids is 3. The maximum atomic E-state index is 12.4. The van der Waals surface area contributed by atoms with Crippen LogP contribution in [0, 0.1) is 0 Å². The minimum Gasteiger partial charge on any atom is -0.379 e. The van der Waals surface area contributed by atoms with E-state index < -0.39 is 54.4 Å². The van der Waals surface area contributed by atoms with E-state index in [1.165, 1.54) is 7.05 Å². The van der Waals surface area contributed by atoms with Gasteiger partial charge in [0.25, 0.3) is 0 Å². The molecule has 0 bridgehead atoms.